The molecule has 2 heterocycles. The van der Waals surface area contributed by atoms with Gasteiger partial charge in [-0.1, -0.05) is 54.1 Å². The van der Waals surface area contributed by atoms with E-state index in [0.29, 0.717) is 5.69 Å². The van der Waals surface area contributed by atoms with Crippen LogP contribution in [-0.2, 0) is 5.54 Å². The highest BCUT2D eigenvalue weighted by molar-refractivity contribution is 5.98. The Morgan fingerprint density at radius 3 is 2.37 bits per heavy atom. The molecular weight excluding hydrogens is 389 g/mol. The van der Waals surface area contributed by atoms with E-state index in [-0.39, 0.29) is 17.2 Å². The molecule has 2 aromatic carbocycles. The first-order chi connectivity index (χ1) is 14.4. The van der Waals surface area contributed by atoms with Crippen LogP contribution in [0.2, 0.25) is 0 Å². The van der Waals surface area contributed by atoms with E-state index in [4.69, 9.17) is 0 Å². The van der Waals surface area contributed by atoms with Gasteiger partial charge in [0.15, 0.2) is 0 Å². The molecule has 0 aliphatic carbocycles. The Balaban J connectivity index is 1.97. The third-order valence-electron chi connectivity index (χ3n) is 5.00. The summed E-state index contributed by atoms with van der Waals surface area (Å²) in [5.41, 5.74) is -1.67. The lowest BCUT2D eigenvalue weighted by Gasteiger charge is -2.41. The number of alkyl halides is 3. The quantitative estimate of drug-likeness (QED) is 0.727. The molecule has 150 valence electrons. The molecule has 1 atom stereocenters. The van der Waals surface area contributed by atoms with Gasteiger partial charge in [-0.25, -0.2) is 4.99 Å². The van der Waals surface area contributed by atoms with Crippen molar-refractivity contribution in [1.82, 2.24) is 4.90 Å². The predicted molar refractivity (Wildman–Crippen MR) is 109 cm³/mol. The average Bonchev–Trinajstić information content (AvgIpc) is 2.75. The van der Waals surface area contributed by atoms with Crippen molar-refractivity contribution >= 4 is 11.6 Å². The lowest BCUT2D eigenvalue weighted by molar-refractivity contribution is -0.177. The number of nitrogens with zero attached hydrogens (tertiary/aromatic N) is 3. The van der Waals surface area contributed by atoms with Crippen LogP contribution in [-0.4, -0.2) is 17.0 Å². The van der Waals surface area contributed by atoms with Gasteiger partial charge in [-0.2, -0.15) is 18.4 Å². The van der Waals surface area contributed by atoms with Crippen LogP contribution in [0.5, 0.6) is 0 Å². The number of benzene rings is 2. The van der Waals surface area contributed by atoms with Crippen LogP contribution in [0.3, 0.4) is 0 Å². The number of rotatable bonds is 2. The highest BCUT2D eigenvalue weighted by Crippen LogP contribution is 2.51. The lowest BCUT2D eigenvalue weighted by atomic mass is 9.80. The fourth-order valence-electron chi connectivity index (χ4n) is 3.53. The van der Waals surface area contributed by atoms with Gasteiger partial charge in [0.05, 0.1) is 11.3 Å². The van der Waals surface area contributed by atoms with Gasteiger partial charge in [0.1, 0.15) is 6.07 Å². The molecule has 4 nitrogen and oxygen atoms in total. The molecule has 2 aliphatic rings. The highest BCUT2D eigenvalue weighted by Gasteiger charge is 2.62. The summed E-state index contributed by atoms with van der Waals surface area (Å²) in [6.07, 6.45) is 1.51. The maximum Gasteiger partial charge on any atom is 0.422 e. The standard InChI is InChI=1S/C23H17F3N4/c1-16-10-12-18(13-11-16)28-21-29-22(23(24,25)26,17-7-3-2-4-8-17)19(15-27)20-9-5-6-14-30(20)21/h2-14H,1H3,(H,28,29)/t22-/m0/s1. The van der Waals surface area contributed by atoms with Gasteiger partial charge in [-0.15, -0.1) is 0 Å². The minimum absolute atomic E-state index is 0.0189. The van der Waals surface area contributed by atoms with Crippen LogP contribution in [0.25, 0.3) is 0 Å². The number of nitriles is 1. The molecule has 2 aliphatic heterocycles. The summed E-state index contributed by atoms with van der Waals surface area (Å²) in [4.78, 5) is 5.61. The Kier molecular flexibility index (Phi) is 4.70. The number of hydrogen-bond donors (Lipinski definition) is 1. The molecule has 0 saturated carbocycles. The maximum absolute atomic E-state index is 14.7. The zero-order valence-electron chi connectivity index (χ0n) is 16.0. The van der Waals surface area contributed by atoms with Gasteiger partial charge < -0.3 is 5.32 Å². The number of allylic oxidation sites excluding steroid dienone is 3. The molecule has 0 fully saturated rings. The first kappa shape index (κ1) is 19.5. The molecule has 30 heavy (non-hydrogen) atoms. The van der Waals surface area contributed by atoms with Gasteiger partial charge in [0, 0.05) is 11.9 Å². The van der Waals surface area contributed by atoms with Crippen molar-refractivity contribution in [2.24, 2.45) is 4.99 Å². The smallest absolute Gasteiger partial charge is 0.326 e. The van der Waals surface area contributed by atoms with E-state index in [1.54, 1.807) is 42.6 Å². The number of fused-ring (bicyclic) bond motifs is 1. The van der Waals surface area contributed by atoms with Crippen LogP contribution in [0.1, 0.15) is 11.1 Å². The van der Waals surface area contributed by atoms with Gasteiger partial charge in [-0.05, 0) is 36.8 Å². The van der Waals surface area contributed by atoms with Crippen molar-refractivity contribution < 1.29 is 13.2 Å². The molecule has 4 rings (SSSR count). The number of nitrogens with one attached hydrogen (secondary N) is 1. The first-order valence-electron chi connectivity index (χ1n) is 9.21. The third kappa shape index (κ3) is 3.07. The second-order valence-corrected chi connectivity index (χ2v) is 6.94. The summed E-state index contributed by atoms with van der Waals surface area (Å²) in [5, 5.41) is 12.8. The molecule has 0 radical (unpaired) electrons. The van der Waals surface area contributed by atoms with E-state index in [2.05, 4.69) is 10.3 Å². The molecule has 7 heteroatoms. The SMILES string of the molecule is Cc1ccc(NC2=N[C@](c3ccccc3)(C(F)(F)F)C(C#N)=C3C=CC=CN23)cc1. The van der Waals surface area contributed by atoms with Crippen molar-refractivity contribution in [1.29, 1.82) is 5.26 Å². The molecule has 1 N–H and O–H groups in total. The van der Waals surface area contributed by atoms with E-state index >= 15 is 0 Å². The van der Waals surface area contributed by atoms with Gasteiger partial charge in [0.2, 0.25) is 11.5 Å². The zero-order valence-corrected chi connectivity index (χ0v) is 16.0. The van der Waals surface area contributed by atoms with E-state index in [1.807, 2.05) is 19.1 Å². The van der Waals surface area contributed by atoms with Crippen LogP contribution >= 0.6 is 0 Å². The molecule has 2 aromatic rings. The molecular formula is C23H17F3N4. The number of hydrogen-bond acceptors (Lipinski definition) is 4. The Morgan fingerprint density at radius 2 is 1.73 bits per heavy atom. The maximum atomic E-state index is 14.7. The predicted octanol–water partition coefficient (Wildman–Crippen LogP) is 5.40. The second-order valence-electron chi connectivity index (χ2n) is 6.94. The summed E-state index contributed by atoms with van der Waals surface area (Å²) in [5.74, 6) is -0.0189. The Bertz CT molecular complexity index is 1120. The highest BCUT2D eigenvalue weighted by atomic mass is 19.4. The number of halogens is 3. The molecule has 0 aromatic heterocycles. The van der Waals surface area contributed by atoms with Crippen LogP contribution in [0.15, 0.2) is 95.3 Å². The fourth-order valence-corrected chi connectivity index (χ4v) is 3.53. The number of aliphatic imine (C=N–C) groups is 1. The minimum atomic E-state index is -4.84. The van der Waals surface area contributed by atoms with Crippen molar-refractivity contribution in [3.05, 3.63) is 101 Å². The summed E-state index contributed by atoms with van der Waals surface area (Å²) in [6, 6.07) is 16.4. The lowest BCUT2D eigenvalue weighted by Crippen LogP contribution is -2.50. The van der Waals surface area contributed by atoms with Gasteiger partial charge in [0.25, 0.3) is 0 Å². The van der Waals surface area contributed by atoms with E-state index in [9.17, 15) is 18.4 Å². The number of guanidine groups is 1. The van der Waals surface area contributed by atoms with Gasteiger partial charge in [-0.3, -0.25) is 4.90 Å². The van der Waals surface area contributed by atoms with E-state index < -0.39 is 17.3 Å². The van der Waals surface area contributed by atoms with Crippen molar-refractivity contribution in [3.63, 3.8) is 0 Å². The normalized spacial score (nSPS) is 20.5. The van der Waals surface area contributed by atoms with Crippen molar-refractivity contribution in [3.8, 4) is 6.07 Å². The molecule has 0 spiro atoms. The van der Waals surface area contributed by atoms with Crippen molar-refractivity contribution in [2.45, 2.75) is 18.6 Å². The fraction of sp³-hybridized carbons (Fsp3) is 0.130. The topological polar surface area (TPSA) is 51.4 Å². The zero-order chi connectivity index (χ0) is 21.4. The summed E-state index contributed by atoms with van der Waals surface area (Å²) < 4.78 is 44.0. The van der Waals surface area contributed by atoms with E-state index in [1.165, 1.54) is 35.2 Å². The van der Waals surface area contributed by atoms with Gasteiger partial charge >= 0.3 is 6.18 Å². The molecule has 0 saturated heterocycles. The average molecular weight is 406 g/mol. The monoisotopic (exact) mass is 406 g/mol. The molecule has 0 bridgehead atoms. The number of anilines is 1. The summed E-state index contributed by atoms with van der Waals surface area (Å²) in [7, 11) is 0. The van der Waals surface area contributed by atoms with Crippen LogP contribution < -0.4 is 5.32 Å². The Morgan fingerprint density at radius 1 is 1.03 bits per heavy atom. The van der Waals surface area contributed by atoms with Crippen molar-refractivity contribution in [2.75, 3.05) is 5.32 Å². The second kappa shape index (κ2) is 7.23. The first-order valence-corrected chi connectivity index (χ1v) is 9.21. The summed E-state index contributed by atoms with van der Waals surface area (Å²) >= 11 is 0. The molecule has 0 amide bonds. The van der Waals surface area contributed by atoms with E-state index in [0.717, 1.165) is 5.56 Å². The Hall–Kier alpha value is -3.79. The number of aryl methyl sites for hydroxylation is 1. The van der Waals surface area contributed by atoms with Crippen LogP contribution in [0.4, 0.5) is 18.9 Å². The third-order valence-corrected chi connectivity index (χ3v) is 5.00. The largest absolute Gasteiger partial charge is 0.422 e. The minimum Gasteiger partial charge on any atom is -0.326 e. The Labute approximate surface area is 172 Å². The molecule has 0 unspecified atom stereocenters. The van der Waals surface area contributed by atoms with Crippen LogP contribution in [0, 0.1) is 18.3 Å². The summed E-state index contributed by atoms with van der Waals surface area (Å²) in [6.45, 7) is 1.92.